The van der Waals surface area contributed by atoms with Gasteiger partial charge in [0.05, 0.1) is 5.69 Å². The molecular formula is C16H18FNS. The second-order valence-corrected chi connectivity index (χ2v) is 5.45. The predicted octanol–water partition coefficient (Wildman–Crippen LogP) is 5.03. The first kappa shape index (κ1) is 13.9. The molecule has 0 aliphatic heterocycles. The van der Waals surface area contributed by atoms with Gasteiger partial charge in [0.1, 0.15) is 5.82 Å². The van der Waals surface area contributed by atoms with Crippen LogP contribution in [0.1, 0.15) is 24.1 Å². The van der Waals surface area contributed by atoms with Crippen molar-refractivity contribution < 1.29 is 4.39 Å². The zero-order valence-electron chi connectivity index (χ0n) is 11.4. The molecule has 1 nitrogen and oxygen atoms in total. The lowest BCUT2D eigenvalue weighted by molar-refractivity contribution is 0.626. The largest absolute Gasteiger partial charge is 0.376 e. The Morgan fingerprint density at radius 2 is 1.79 bits per heavy atom. The number of para-hydroxylation sites is 1. The third-order valence-corrected chi connectivity index (χ3v) is 3.94. The number of benzene rings is 2. The van der Waals surface area contributed by atoms with Crippen molar-refractivity contribution in [1.29, 1.82) is 0 Å². The quantitative estimate of drug-likeness (QED) is 0.785. The fourth-order valence-electron chi connectivity index (χ4n) is 2.01. The molecule has 1 N–H and O–H groups in total. The number of aryl methyl sites for hydroxylation is 1. The van der Waals surface area contributed by atoms with Crippen LogP contribution in [0, 0.1) is 12.7 Å². The minimum atomic E-state index is -0.201. The highest BCUT2D eigenvalue weighted by Crippen LogP contribution is 2.26. The maximum atomic E-state index is 13.8. The molecule has 0 heterocycles. The first-order valence-electron chi connectivity index (χ1n) is 6.27. The fourth-order valence-corrected chi connectivity index (χ4v) is 2.42. The van der Waals surface area contributed by atoms with Crippen LogP contribution in [0.4, 0.5) is 10.1 Å². The van der Waals surface area contributed by atoms with Gasteiger partial charge < -0.3 is 5.32 Å². The summed E-state index contributed by atoms with van der Waals surface area (Å²) in [4.78, 5) is 1.23. The van der Waals surface area contributed by atoms with Crippen LogP contribution in [-0.4, -0.2) is 6.26 Å². The second-order valence-electron chi connectivity index (χ2n) is 4.57. The van der Waals surface area contributed by atoms with Crippen LogP contribution >= 0.6 is 11.8 Å². The van der Waals surface area contributed by atoms with Crippen molar-refractivity contribution in [2.45, 2.75) is 24.8 Å². The van der Waals surface area contributed by atoms with Crippen LogP contribution < -0.4 is 5.32 Å². The van der Waals surface area contributed by atoms with Crippen molar-refractivity contribution in [1.82, 2.24) is 0 Å². The van der Waals surface area contributed by atoms with Crippen LogP contribution in [0.25, 0.3) is 0 Å². The van der Waals surface area contributed by atoms with E-state index in [1.165, 1.54) is 11.0 Å². The third-order valence-electron chi connectivity index (χ3n) is 3.20. The number of halogens is 1. The van der Waals surface area contributed by atoms with Gasteiger partial charge in [-0.3, -0.25) is 0 Å². The van der Waals surface area contributed by atoms with Crippen molar-refractivity contribution in [2.75, 3.05) is 11.6 Å². The average Bonchev–Trinajstić information content (AvgIpc) is 2.43. The summed E-state index contributed by atoms with van der Waals surface area (Å²) in [7, 11) is 0. The fraction of sp³-hybridized carbons (Fsp3) is 0.250. The molecule has 0 spiro atoms. The average molecular weight is 275 g/mol. The summed E-state index contributed by atoms with van der Waals surface area (Å²) < 4.78 is 13.8. The standard InChI is InChI=1S/C16H18FNS/c1-11-5-4-6-15(17)16(11)18-12(2)13-7-9-14(19-3)10-8-13/h4-10,12,18H,1-3H3. The van der Waals surface area contributed by atoms with Gasteiger partial charge in [0.25, 0.3) is 0 Å². The van der Waals surface area contributed by atoms with Crippen molar-refractivity contribution in [2.24, 2.45) is 0 Å². The third kappa shape index (κ3) is 3.29. The summed E-state index contributed by atoms with van der Waals surface area (Å²) in [6.45, 7) is 3.95. The van der Waals surface area contributed by atoms with E-state index in [9.17, 15) is 4.39 Å². The molecule has 3 heteroatoms. The van der Waals surface area contributed by atoms with Crippen molar-refractivity contribution >= 4 is 17.4 Å². The molecule has 2 aromatic rings. The minimum absolute atomic E-state index is 0.0755. The smallest absolute Gasteiger partial charge is 0.146 e. The Balaban J connectivity index is 2.18. The Labute approximate surface area is 118 Å². The van der Waals surface area contributed by atoms with Gasteiger partial charge in [-0.1, -0.05) is 24.3 Å². The van der Waals surface area contributed by atoms with Gasteiger partial charge in [-0.05, 0) is 49.4 Å². The first-order valence-corrected chi connectivity index (χ1v) is 7.50. The Bertz CT molecular complexity index is 531. The van der Waals surface area contributed by atoms with E-state index in [2.05, 4.69) is 35.8 Å². The van der Waals surface area contributed by atoms with Gasteiger partial charge in [-0.15, -0.1) is 11.8 Å². The topological polar surface area (TPSA) is 12.0 Å². The lowest BCUT2D eigenvalue weighted by atomic mass is 10.1. The van der Waals surface area contributed by atoms with Crippen LogP contribution in [0.5, 0.6) is 0 Å². The lowest BCUT2D eigenvalue weighted by Crippen LogP contribution is -2.09. The van der Waals surface area contributed by atoms with Gasteiger partial charge in [0, 0.05) is 10.9 Å². The SMILES string of the molecule is CSc1ccc(C(C)Nc2c(C)cccc2F)cc1. The van der Waals surface area contributed by atoms with E-state index in [0.29, 0.717) is 5.69 Å². The number of nitrogens with one attached hydrogen (secondary N) is 1. The van der Waals surface area contributed by atoms with E-state index in [0.717, 1.165) is 11.1 Å². The number of hydrogen-bond acceptors (Lipinski definition) is 2. The first-order chi connectivity index (χ1) is 9.11. The molecule has 2 rings (SSSR count). The van der Waals surface area contributed by atoms with E-state index < -0.39 is 0 Å². The van der Waals surface area contributed by atoms with Crippen molar-refractivity contribution in [3.8, 4) is 0 Å². The highest BCUT2D eigenvalue weighted by atomic mass is 32.2. The van der Waals surface area contributed by atoms with Gasteiger partial charge >= 0.3 is 0 Å². The van der Waals surface area contributed by atoms with Gasteiger partial charge in [-0.25, -0.2) is 4.39 Å². The van der Waals surface area contributed by atoms with Crippen molar-refractivity contribution in [3.05, 3.63) is 59.4 Å². The van der Waals surface area contributed by atoms with E-state index in [1.807, 2.05) is 19.9 Å². The predicted molar refractivity (Wildman–Crippen MR) is 81.4 cm³/mol. The molecule has 0 saturated heterocycles. The zero-order chi connectivity index (χ0) is 13.8. The number of rotatable bonds is 4. The van der Waals surface area contributed by atoms with Crippen LogP contribution in [-0.2, 0) is 0 Å². The Morgan fingerprint density at radius 3 is 2.37 bits per heavy atom. The van der Waals surface area contributed by atoms with E-state index in [1.54, 1.807) is 17.8 Å². The molecule has 0 aliphatic rings. The van der Waals surface area contributed by atoms with E-state index >= 15 is 0 Å². The summed E-state index contributed by atoms with van der Waals surface area (Å²) >= 11 is 1.72. The lowest BCUT2D eigenvalue weighted by Gasteiger charge is -2.18. The van der Waals surface area contributed by atoms with Crippen LogP contribution in [0.3, 0.4) is 0 Å². The maximum absolute atomic E-state index is 13.8. The minimum Gasteiger partial charge on any atom is -0.376 e. The molecule has 100 valence electrons. The molecule has 0 fully saturated rings. The molecule has 2 aromatic carbocycles. The number of anilines is 1. The summed E-state index contributed by atoms with van der Waals surface area (Å²) in [6.07, 6.45) is 2.05. The molecule has 0 amide bonds. The van der Waals surface area contributed by atoms with Gasteiger partial charge in [0.15, 0.2) is 0 Å². The molecule has 0 aliphatic carbocycles. The molecule has 0 bridgehead atoms. The molecule has 0 aromatic heterocycles. The monoisotopic (exact) mass is 275 g/mol. The molecule has 1 unspecified atom stereocenters. The van der Waals surface area contributed by atoms with E-state index in [4.69, 9.17) is 0 Å². The summed E-state index contributed by atoms with van der Waals surface area (Å²) in [6, 6.07) is 13.5. The molecular weight excluding hydrogens is 257 g/mol. The van der Waals surface area contributed by atoms with Gasteiger partial charge in [-0.2, -0.15) is 0 Å². The zero-order valence-corrected chi connectivity index (χ0v) is 12.2. The Morgan fingerprint density at radius 1 is 1.11 bits per heavy atom. The summed E-state index contributed by atoms with van der Waals surface area (Å²) in [5.74, 6) is -0.201. The van der Waals surface area contributed by atoms with Crippen molar-refractivity contribution in [3.63, 3.8) is 0 Å². The highest BCUT2D eigenvalue weighted by Gasteiger charge is 2.10. The van der Waals surface area contributed by atoms with Crippen LogP contribution in [0.2, 0.25) is 0 Å². The molecule has 1 atom stereocenters. The number of thioether (sulfide) groups is 1. The maximum Gasteiger partial charge on any atom is 0.146 e. The Hall–Kier alpha value is -1.48. The second kappa shape index (κ2) is 6.11. The summed E-state index contributed by atoms with van der Waals surface area (Å²) in [5.41, 5.74) is 2.66. The highest BCUT2D eigenvalue weighted by molar-refractivity contribution is 7.98. The van der Waals surface area contributed by atoms with Gasteiger partial charge in [0.2, 0.25) is 0 Å². The summed E-state index contributed by atoms with van der Waals surface area (Å²) in [5, 5.41) is 3.25. The van der Waals surface area contributed by atoms with E-state index in [-0.39, 0.29) is 11.9 Å². The molecule has 0 saturated carbocycles. The number of hydrogen-bond donors (Lipinski definition) is 1. The van der Waals surface area contributed by atoms with Crippen LogP contribution in [0.15, 0.2) is 47.4 Å². The molecule has 0 radical (unpaired) electrons. The normalized spacial score (nSPS) is 12.2. The molecule has 19 heavy (non-hydrogen) atoms. The Kier molecular flexibility index (Phi) is 4.48.